The first-order valence-corrected chi connectivity index (χ1v) is 10.4. The zero-order chi connectivity index (χ0) is 19.6. The minimum absolute atomic E-state index is 0. The first kappa shape index (κ1) is 24.2. The molecule has 6 nitrogen and oxygen atoms in total. The molecule has 29 heavy (non-hydrogen) atoms. The summed E-state index contributed by atoms with van der Waals surface area (Å²) in [5.74, 6) is 1.87. The van der Waals surface area contributed by atoms with E-state index in [0.717, 1.165) is 82.1 Å². The summed E-state index contributed by atoms with van der Waals surface area (Å²) < 4.78 is 11.2. The molecule has 3 rings (SSSR count). The fourth-order valence-electron chi connectivity index (χ4n) is 3.47. The molecule has 0 saturated carbocycles. The van der Waals surface area contributed by atoms with Crippen molar-refractivity contribution in [3.8, 4) is 5.75 Å². The van der Waals surface area contributed by atoms with E-state index in [1.807, 2.05) is 31.3 Å². The van der Waals surface area contributed by atoms with E-state index >= 15 is 0 Å². The van der Waals surface area contributed by atoms with Gasteiger partial charge in [-0.3, -0.25) is 9.89 Å². The van der Waals surface area contributed by atoms with Gasteiger partial charge in [-0.1, -0.05) is 23.3 Å². The molecule has 0 aliphatic carbocycles. The Bertz CT molecular complexity index is 661. The topological polar surface area (TPSA) is 49.3 Å². The Morgan fingerprint density at radius 1 is 1.21 bits per heavy atom. The molecule has 1 fully saturated rings. The molecule has 1 aromatic rings. The summed E-state index contributed by atoms with van der Waals surface area (Å²) >= 11 is 5.90. The van der Waals surface area contributed by atoms with Crippen LogP contribution in [0.2, 0.25) is 5.02 Å². The molecule has 2 aliphatic heterocycles. The average Bonchev–Trinajstić information content (AvgIpc) is 2.74. The molecule has 0 atom stereocenters. The van der Waals surface area contributed by atoms with Gasteiger partial charge in [-0.05, 0) is 37.1 Å². The third-order valence-corrected chi connectivity index (χ3v) is 5.41. The van der Waals surface area contributed by atoms with Crippen LogP contribution in [0.5, 0.6) is 5.75 Å². The molecule has 1 N–H and O–H groups in total. The standard InChI is InChI=1S/C21H31ClN4O2.HI/c1-23-21(24-9-6-18-7-15-27-16-8-18)26-12-10-25(11-13-26)14-17-28-20-4-2-19(22)3-5-20;/h2-5,7H,6,8-17H2,1H3,(H,23,24);1H. The predicted molar refractivity (Wildman–Crippen MR) is 130 cm³/mol. The summed E-state index contributed by atoms with van der Waals surface area (Å²) in [5, 5.41) is 4.24. The number of ether oxygens (including phenoxy) is 2. The second-order valence-electron chi connectivity index (χ2n) is 7.04. The molecule has 1 saturated heterocycles. The molecular weight excluding hydrogens is 503 g/mol. The summed E-state index contributed by atoms with van der Waals surface area (Å²) in [5.41, 5.74) is 1.49. The van der Waals surface area contributed by atoms with Crippen molar-refractivity contribution < 1.29 is 9.47 Å². The van der Waals surface area contributed by atoms with Gasteiger partial charge in [0, 0.05) is 51.3 Å². The van der Waals surface area contributed by atoms with Crippen LogP contribution in [0.3, 0.4) is 0 Å². The van der Waals surface area contributed by atoms with Gasteiger partial charge in [0.15, 0.2) is 5.96 Å². The van der Waals surface area contributed by atoms with Crippen molar-refractivity contribution in [2.75, 3.05) is 66.1 Å². The van der Waals surface area contributed by atoms with E-state index in [0.29, 0.717) is 6.61 Å². The maximum atomic E-state index is 5.90. The molecule has 2 heterocycles. The Morgan fingerprint density at radius 2 is 1.97 bits per heavy atom. The zero-order valence-electron chi connectivity index (χ0n) is 17.1. The Labute approximate surface area is 196 Å². The van der Waals surface area contributed by atoms with Crippen LogP contribution in [0.25, 0.3) is 0 Å². The third kappa shape index (κ3) is 8.32. The van der Waals surface area contributed by atoms with Gasteiger partial charge in [-0.2, -0.15) is 0 Å². The van der Waals surface area contributed by atoms with Crippen LogP contribution >= 0.6 is 35.6 Å². The van der Waals surface area contributed by atoms with Crippen molar-refractivity contribution in [1.82, 2.24) is 15.1 Å². The largest absolute Gasteiger partial charge is 0.492 e. The van der Waals surface area contributed by atoms with Gasteiger partial charge < -0.3 is 19.7 Å². The van der Waals surface area contributed by atoms with Gasteiger partial charge in [0.25, 0.3) is 0 Å². The van der Waals surface area contributed by atoms with Crippen molar-refractivity contribution in [3.63, 3.8) is 0 Å². The SMILES string of the molecule is CN=C(NCCC1=CCOCC1)N1CCN(CCOc2ccc(Cl)cc2)CC1.I. The van der Waals surface area contributed by atoms with Crippen LogP contribution in [-0.2, 0) is 4.74 Å². The summed E-state index contributed by atoms with van der Waals surface area (Å²) in [6.45, 7) is 8.16. The molecule has 0 spiro atoms. The summed E-state index contributed by atoms with van der Waals surface area (Å²) in [4.78, 5) is 9.24. The minimum atomic E-state index is 0. The summed E-state index contributed by atoms with van der Waals surface area (Å²) in [6.07, 6.45) is 4.32. The van der Waals surface area contributed by atoms with E-state index in [9.17, 15) is 0 Å². The number of guanidine groups is 1. The van der Waals surface area contributed by atoms with Crippen LogP contribution in [0.15, 0.2) is 40.9 Å². The molecule has 0 bridgehead atoms. The lowest BCUT2D eigenvalue weighted by atomic mass is 10.1. The number of rotatable bonds is 7. The highest BCUT2D eigenvalue weighted by Gasteiger charge is 2.19. The molecule has 162 valence electrons. The normalized spacial score (nSPS) is 18.1. The van der Waals surface area contributed by atoms with Gasteiger partial charge in [0.05, 0.1) is 13.2 Å². The lowest BCUT2D eigenvalue weighted by Gasteiger charge is -2.36. The van der Waals surface area contributed by atoms with Crippen molar-refractivity contribution in [3.05, 3.63) is 40.9 Å². The number of hydrogen-bond acceptors (Lipinski definition) is 4. The maximum Gasteiger partial charge on any atom is 0.193 e. The molecule has 8 heteroatoms. The second-order valence-corrected chi connectivity index (χ2v) is 7.48. The number of nitrogens with one attached hydrogen (secondary N) is 1. The Balaban J connectivity index is 0.00000300. The fraction of sp³-hybridized carbons (Fsp3) is 0.571. The summed E-state index contributed by atoms with van der Waals surface area (Å²) in [6, 6.07) is 7.53. The van der Waals surface area contributed by atoms with Crippen LogP contribution in [-0.4, -0.2) is 81.9 Å². The molecule has 2 aliphatic rings. The number of benzene rings is 1. The van der Waals surface area contributed by atoms with Crippen LogP contribution in [0, 0.1) is 0 Å². The third-order valence-electron chi connectivity index (χ3n) is 5.16. The van der Waals surface area contributed by atoms with Crippen LogP contribution in [0.1, 0.15) is 12.8 Å². The molecular formula is C21H32ClIN4O2. The Morgan fingerprint density at radius 3 is 2.62 bits per heavy atom. The van der Waals surface area contributed by atoms with E-state index in [-0.39, 0.29) is 24.0 Å². The number of aliphatic imine (C=N–C) groups is 1. The highest BCUT2D eigenvalue weighted by molar-refractivity contribution is 14.0. The summed E-state index contributed by atoms with van der Waals surface area (Å²) in [7, 11) is 1.86. The molecule has 0 unspecified atom stereocenters. The first-order chi connectivity index (χ1) is 13.7. The number of hydrogen-bond donors (Lipinski definition) is 1. The van der Waals surface area contributed by atoms with E-state index in [4.69, 9.17) is 21.1 Å². The highest BCUT2D eigenvalue weighted by atomic mass is 127. The molecule has 1 aromatic carbocycles. The van der Waals surface area contributed by atoms with E-state index < -0.39 is 0 Å². The van der Waals surface area contributed by atoms with Gasteiger partial charge >= 0.3 is 0 Å². The molecule has 0 amide bonds. The van der Waals surface area contributed by atoms with Crippen molar-refractivity contribution in [2.24, 2.45) is 4.99 Å². The smallest absolute Gasteiger partial charge is 0.193 e. The maximum absolute atomic E-state index is 5.90. The van der Waals surface area contributed by atoms with Crippen molar-refractivity contribution in [1.29, 1.82) is 0 Å². The molecule has 0 radical (unpaired) electrons. The first-order valence-electron chi connectivity index (χ1n) is 10.1. The quantitative estimate of drug-likeness (QED) is 0.252. The fourth-order valence-corrected chi connectivity index (χ4v) is 3.59. The van der Waals surface area contributed by atoms with Crippen LogP contribution in [0.4, 0.5) is 0 Å². The van der Waals surface area contributed by atoms with E-state index in [2.05, 4.69) is 26.2 Å². The lowest BCUT2D eigenvalue weighted by Crippen LogP contribution is -2.53. The Kier molecular flexibility index (Phi) is 11.1. The average molecular weight is 535 g/mol. The van der Waals surface area contributed by atoms with E-state index in [1.54, 1.807) is 0 Å². The molecule has 0 aromatic heterocycles. The second kappa shape index (κ2) is 13.3. The number of nitrogens with zero attached hydrogens (tertiary/aromatic N) is 3. The van der Waals surface area contributed by atoms with Crippen molar-refractivity contribution in [2.45, 2.75) is 12.8 Å². The lowest BCUT2D eigenvalue weighted by molar-refractivity contribution is 0.151. The predicted octanol–water partition coefficient (Wildman–Crippen LogP) is 3.27. The van der Waals surface area contributed by atoms with Gasteiger partial charge in [-0.15, -0.1) is 24.0 Å². The van der Waals surface area contributed by atoms with Gasteiger partial charge in [0.1, 0.15) is 12.4 Å². The van der Waals surface area contributed by atoms with E-state index in [1.165, 1.54) is 5.57 Å². The van der Waals surface area contributed by atoms with Gasteiger partial charge in [0.2, 0.25) is 0 Å². The monoisotopic (exact) mass is 534 g/mol. The minimum Gasteiger partial charge on any atom is -0.492 e. The van der Waals surface area contributed by atoms with Gasteiger partial charge in [-0.25, -0.2) is 0 Å². The number of piperazine rings is 1. The zero-order valence-corrected chi connectivity index (χ0v) is 20.2. The van der Waals surface area contributed by atoms with Crippen LogP contribution < -0.4 is 10.1 Å². The highest BCUT2D eigenvalue weighted by Crippen LogP contribution is 2.15. The Hall–Kier alpha value is -1.03. The number of halogens is 2. The van der Waals surface area contributed by atoms with Crippen molar-refractivity contribution >= 4 is 41.5 Å².